The topological polar surface area (TPSA) is 89.9 Å². The summed E-state index contributed by atoms with van der Waals surface area (Å²) < 4.78 is 0. The van der Waals surface area contributed by atoms with Crippen LogP contribution in [0, 0.1) is 16.7 Å². The van der Waals surface area contributed by atoms with Crippen LogP contribution >= 0.6 is 0 Å². The number of fused-ring (bicyclic) bond motifs is 1. The number of aliphatic hydroxyl groups is 1. The number of carboxylic acids is 1. The molecule has 1 saturated heterocycles. The lowest BCUT2D eigenvalue weighted by atomic mass is 9.86. The summed E-state index contributed by atoms with van der Waals surface area (Å²) in [6.07, 6.45) is 3.92. The molecule has 2 saturated carbocycles. The van der Waals surface area contributed by atoms with E-state index in [0.29, 0.717) is 25.9 Å². The number of likely N-dealkylation sites (tertiary alicyclic amines) is 1. The van der Waals surface area contributed by atoms with Gasteiger partial charge in [-0.2, -0.15) is 0 Å². The quantitative estimate of drug-likeness (QED) is 0.726. The van der Waals surface area contributed by atoms with Crippen molar-refractivity contribution in [3.63, 3.8) is 0 Å². The molecule has 6 heteroatoms. The van der Waals surface area contributed by atoms with Crippen LogP contribution in [0.3, 0.4) is 0 Å². The average molecular weight is 296 g/mol. The van der Waals surface area contributed by atoms with Crippen LogP contribution in [0.15, 0.2) is 0 Å². The summed E-state index contributed by atoms with van der Waals surface area (Å²) in [6, 6.07) is -0.144. The Morgan fingerprint density at radius 2 is 2.10 bits per heavy atom. The molecule has 2 unspecified atom stereocenters. The maximum atomic E-state index is 12.3. The van der Waals surface area contributed by atoms with E-state index in [9.17, 15) is 14.7 Å². The van der Waals surface area contributed by atoms with Crippen molar-refractivity contribution in [1.82, 2.24) is 10.2 Å². The number of piperidine rings is 1. The first-order valence-electron chi connectivity index (χ1n) is 7.78. The van der Waals surface area contributed by atoms with E-state index in [2.05, 4.69) is 12.2 Å². The molecule has 0 aromatic carbocycles. The maximum Gasteiger partial charge on any atom is 0.317 e. The Labute approximate surface area is 124 Å². The number of rotatable bonds is 3. The summed E-state index contributed by atoms with van der Waals surface area (Å²) in [5, 5.41) is 21.6. The molecule has 0 spiro atoms. The molecule has 1 aliphatic heterocycles. The molecule has 2 aliphatic carbocycles. The van der Waals surface area contributed by atoms with Gasteiger partial charge in [0.15, 0.2) is 0 Å². The number of urea groups is 1. The van der Waals surface area contributed by atoms with Crippen LogP contribution in [0.5, 0.6) is 0 Å². The molecule has 2 amide bonds. The predicted molar refractivity (Wildman–Crippen MR) is 75.7 cm³/mol. The number of nitrogens with zero attached hydrogens (tertiary/aromatic N) is 1. The highest BCUT2D eigenvalue weighted by molar-refractivity contribution is 5.76. The van der Waals surface area contributed by atoms with E-state index in [1.807, 2.05) is 0 Å². The first-order chi connectivity index (χ1) is 9.89. The van der Waals surface area contributed by atoms with E-state index < -0.39 is 5.97 Å². The lowest BCUT2D eigenvalue weighted by Crippen LogP contribution is -2.47. The first kappa shape index (κ1) is 14.6. The molecule has 3 N–H and O–H groups in total. The molecule has 3 aliphatic rings. The van der Waals surface area contributed by atoms with Gasteiger partial charge in [0.2, 0.25) is 0 Å². The molecule has 3 rings (SSSR count). The highest BCUT2D eigenvalue weighted by Crippen LogP contribution is 2.67. The zero-order valence-electron chi connectivity index (χ0n) is 12.5. The number of hydrogen-bond donors (Lipinski definition) is 3. The van der Waals surface area contributed by atoms with Crippen molar-refractivity contribution in [2.45, 2.75) is 45.1 Å². The van der Waals surface area contributed by atoms with E-state index in [1.165, 1.54) is 0 Å². The number of carboxylic acid groups (broad SMARTS) is 1. The fourth-order valence-corrected chi connectivity index (χ4v) is 4.27. The largest absolute Gasteiger partial charge is 0.481 e. The Morgan fingerprint density at radius 3 is 2.71 bits per heavy atom. The van der Waals surface area contributed by atoms with Crippen molar-refractivity contribution in [3.05, 3.63) is 0 Å². The fraction of sp³-hybridized carbons (Fsp3) is 0.867. The van der Waals surface area contributed by atoms with E-state index in [0.717, 1.165) is 19.3 Å². The van der Waals surface area contributed by atoms with Gasteiger partial charge in [0.05, 0.1) is 12.5 Å². The van der Waals surface area contributed by atoms with Gasteiger partial charge in [-0.3, -0.25) is 4.79 Å². The molecule has 118 valence electrons. The molecule has 6 nitrogen and oxygen atoms in total. The third kappa shape index (κ3) is 2.39. The van der Waals surface area contributed by atoms with Gasteiger partial charge in [0, 0.05) is 24.5 Å². The maximum absolute atomic E-state index is 12.3. The van der Waals surface area contributed by atoms with Crippen molar-refractivity contribution >= 4 is 12.0 Å². The SMILES string of the molecule is C[C@@]12CN(C(=O)NC3CCCC(C(=O)O)C3)C[C@]1(CO)C2. The van der Waals surface area contributed by atoms with Gasteiger partial charge in [-0.05, 0) is 31.1 Å². The van der Waals surface area contributed by atoms with E-state index in [4.69, 9.17) is 5.11 Å². The van der Waals surface area contributed by atoms with Crippen molar-refractivity contribution in [1.29, 1.82) is 0 Å². The van der Waals surface area contributed by atoms with Crippen molar-refractivity contribution in [2.24, 2.45) is 16.7 Å². The summed E-state index contributed by atoms with van der Waals surface area (Å²) in [5.74, 6) is -1.10. The Hall–Kier alpha value is -1.30. The summed E-state index contributed by atoms with van der Waals surface area (Å²) in [5.41, 5.74) is -0.0320. The van der Waals surface area contributed by atoms with Crippen molar-refractivity contribution < 1.29 is 19.8 Å². The minimum Gasteiger partial charge on any atom is -0.481 e. The lowest BCUT2D eigenvalue weighted by molar-refractivity contribution is -0.143. The molecule has 0 aromatic rings. The van der Waals surface area contributed by atoms with Gasteiger partial charge in [-0.25, -0.2) is 4.79 Å². The van der Waals surface area contributed by atoms with Gasteiger partial charge in [-0.15, -0.1) is 0 Å². The lowest BCUT2D eigenvalue weighted by Gasteiger charge is -2.30. The zero-order chi connectivity index (χ0) is 15.3. The third-order valence-electron chi connectivity index (χ3n) is 5.86. The Balaban J connectivity index is 1.54. The minimum absolute atomic E-state index is 0.0397. The van der Waals surface area contributed by atoms with Crippen LogP contribution in [0.25, 0.3) is 0 Å². The number of aliphatic carboxylic acids is 1. The van der Waals surface area contributed by atoms with Gasteiger partial charge in [0.25, 0.3) is 0 Å². The van der Waals surface area contributed by atoms with Crippen LogP contribution in [0.4, 0.5) is 4.79 Å². The second kappa shape index (κ2) is 4.87. The summed E-state index contributed by atoms with van der Waals surface area (Å²) in [4.78, 5) is 25.2. The Kier molecular flexibility index (Phi) is 3.39. The van der Waals surface area contributed by atoms with Crippen molar-refractivity contribution in [3.8, 4) is 0 Å². The zero-order valence-corrected chi connectivity index (χ0v) is 12.5. The number of carbonyl (C=O) groups excluding carboxylic acids is 1. The standard InChI is InChI=1S/C15H24N2O4/c1-14-6-15(14,9-18)8-17(7-14)13(21)16-11-4-2-3-10(5-11)12(19)20/h10-11,18H,2-9H2,1H3,(H,16,21)(H,19,20)/t10?,11?,14-,15+/m1/s1. The second-order valence-electron chi connectivity index (χ2n) is 7.38. The molecular weight excluding hydrogens is 272 g/mol. The van der Waals surface area contributed by atoms with Crippen LogP contribution < -0.4 is 5.32 Å². The Bertz CT molecular complexity index is 469. The highest BCUT2D eigenvalue weighted by atomic mass is 16.4. The van der Waals surface area contributed by atoms with Crippen LogP contribution in [0.1, 0.15) is 39.0 Å². The molecule has 1 heterocycles. The van der Waals surface area contributed by atoms with Gasteiger partial charge >= 0.3 is 12.0 Å². The monoisotopic (exact) mass is 296 g/mol. The number of amides is 2. The Morgan fingerprint density at radius 1 is 1.33 bits per heavy atom. The second-order valence-corrected chi connectivity index (χ2v) is 7.38. The smallest absolute Gasteiger partial charge is 0.317 e. The van der Waals surface area contributed by atoms with E-state index in [1.54, 1.807) is 4.90 Å². The fourth-order valence-electron chi connectivity index (χ4n) is 4.27. The van der Waals surface area contributed by atoms with E-state index in [-0.39, 0.29) is 35.4 Å². The van der Waals surface area contributed by atoms with Crippen LogP contribution in [0.2, 0.25) is 0 Å². The summed E-state index contributed by atoms with van der Waals surface area (Å²) in [7, 11) is 0. The van der Waals surface area contributed by atoms with Crippen LogP contribution in [-0.2, 0) is 4.79 Å². The number of hydrogen-bond acceptors (Lipinski definition) is 3. The number of carbonyl (C=O) groups is 2. The minimum atomic E-state index is -0.761. The molecular formula is C15H24N2O4. The average Bonchev–Trinajstić information content (AvgIpc) is 2.92. The molecule has 4 atom stereocenters. The molecule has 0 bridgehead atoms. The predicted octanol–water partition coefficient (Wildman–Crippen LogP) is 1.04. The van der Waals surface area contributed by atoms with E-state index >= 15 is 0 Å². The van der Waals surface area contributed by atoms with Crippen molar-refractivity contribution in [2.75, 3.05) is 19.7 Å². The van der Waals surface area contributed by atoms with Crippen LogP contribution in [-0.4, -0.2) is 52.9 Å². The first-order valence-corrected chi connectivity index (χ1v) is 7.78. The molecule has 0 aromatic heterocycles. The number of nitrogens with one attached hydrogen (secondary N) is 1. The molecule has 0 radical (unpaired) electrons. The molecule has 21 heavy (non-hydrogen) atoms. The highest BCUT2D eigenvalue weighted by Gasteiger charge is 2.69. The number of aliphatic hydroxyl groups excluding tert-OH is 1. The van der Waals surface area contributed by atoms with Gasteiger partial charge in [-0.1, -0.05) is 13.3 Å². The summed E-state index contributed by atoms with van der Waals surface area (Å²) >= 11 is 0. The summed E-state index contributed by atoms with van der Waals surface area (Å²) in [6.45, 7) is 3.56. The van der Waals surface area contributed by atoms with Gasteiger partial charge < -0.3 is 20.4 Å². The van der Waals surface area contributed by atoms with Gasteiger partial charge in [0.1, 0.15) is 0 Å². The third-order valence-corrected chi connectivity index (χ3v) is 5.86. The normalized spacial score (nSPS) is 41.5. The molecule has 3 fully saturated rings.